The zero-order valence-corrected chi connectivity index (χ0v) is 13.4. The summed E-state index contributed by atoms with van der Waals surface area (Å²) < 4.78 is 7.00. The van der Waals surface area contributed by atoms with Crippen LogP contribution in [0.4, 0.5) is 0 Å². The van der Waals surface area contributed by atoms with Crippen molar-refractivity contribution in [2.24, 2.45) is 0 Å². The predicted octanol–water partition coefficient (Wildman–Crippen LogP) is 4.24. The summed E-state index contributed by atoms with van der Waals surface area (Å²) in [6, 6.07) is 10.4. The van der Waals surface area contributed by atoms with E-state index in [1.807, 2.05) is 12.1 Å². The molecule has 0 radical (unpaired) electrons. The van der Waals surface area contributed by atoms with E-state index in [0.717, 1.165) is 36.3 Å². The third-order valence-electron chi connectivity index (χ3n) is 2.77. The molecule has 0 spiro atoms. The molecule has 0 unspecified atom stereocenters. The fourth-order valence-electron chi connectivity index (χ4n) is 1.80. The summed E-state index contributed by atoms with van der Waals surface area (Å²) in [5, 5.41) is 5.44. The van der Waals surface area contributed by atoms with Gasteiger partial charge in [-0.25, -0.2) is 0 Å². The van der Waals surface area contributed by atoms with Gasteiger partial charge in [0.05, 0.1) is 6.61 Å². The Morgan fingerprint density at radius 3 is 2.95 bits per heavy atom. The van der Waals surface area contributed by atoms with Crippen LogP contribution in [-0.4, -0.2) is 13.2 Å². The van der Waals surface area contributed by atoms with Gasteiger partial charge in [-0.1, -0.05) is 28.9 Å². The summed E-state index contributed by atoms with van der Waals surface area (Å²) in [4.78, 5) is 1.37. The molecule has 102 valence electrons. The van der Waals surface area contributed by atoms with Crippen LogP contribution < -0.4 is 10.1 Å². The minimum absolute atomic E-state index is 0.723. The molecule has 0 bridgehead atoms. The van der Waals surface area contributed by atoms with Crippen LogP contribution in [0.25, 0.3) is 0 Å². The minimum atomic E-state index is 0.723. The van der Waals surface area contributed by atoms with E-state index in [9.17, 15) is 0 Å². The van der Waals surface area contributed by atoms with Gasteiger partial charge in [0.25, 0.3) is 0 Å². The Balaban J connectivity index is 1.94. The third-order valence-corrected chi connectivity index (χ3v) is 4.20. The number of hydrogen-bond acceptors (Lipinski definition) is 3. The van der Waals surface area contributed by atoms with Crippen LogP contribution in [0, 0.1) is 0 Å². The van der Waals surface area contributed by atoms with Crippen molar-refractivity contribution in [3.05, 3.63) is 50.6 Å². The van der Waals surface area contributed by atoms with Gasteiger partial charge in [-0.2, -0.15) is 0 Å². The van der Waals surface area contributed by atoms with Crippen molar-refractivity contribution in [3.8, 4) is 5.75 Å². The smallest absolute Gasteiger partial charge is 0.123 e. The molecule has 2 aromatic rings. The van der Waals surface area contributed by atoms with Crippen LogP contribution in [0.2, 0.25) is 0 Å². The Morgan fingerprint density at radius 2 is 2.21 bits per heavy atom. The molecule has 0 saturated heterocycles. The normalized spacial score (nSPS) is 10.6. The summed E-state index contributed by atoms with van der Waals surface area (Å²) in [6.07, 6.45) is 0.967. The van der Waals surface area contributed by atoms with Crippen molar-refractivity contribution < 1.29 is 4.74 Å². The van der Waals surface area contributed by atoms with Gasteiger partial charge in [0.15, 0.2) is 0 Å². The largest absolute Gasteiger partial charge is 0.493 e. The number of hydrogen-bond donors (Lipinski definition) is 1. The number of thiophene rings is 1. The number of ether oxygens (including phenoxy) is 1. The molecule has 0 aliphatic carbocycles. The van der Waals surface area contributed by atoms with Crippen LogP contribution in [0.3, 0.4) is 0 Å². The molecule has 1 N–H and O–H groups in total. The molecule has 1 heterocycles. The van der Waals surface area contributed by atoms with Crippen molar-refractivity contribution in [1.82, 2.24) is 5.32 Å². The lowest BCUT2D eigenvalue weighted by atomic mass is 10.2. The Hall–Kier alpha value is -0.840. The Labute approximate surface area is 126 Å². The quantitative estimate of drug-likeness (QED) is 0.814. The first-order valence-electron chi connectivity index (χ1n) is 6.44. The maximum absolute atomic E-state index is 5.91. The van der Waals surface area contributed by atoms with E-state index in [-0.39, 0.29) is 0 Å². The number of benzene rings is 1. The monoisotopic (exact) mass is 339 g/mol. The van der Waals surface area contributed by atoms with E-state index in [1.165, 1.54) is 10.4 Å². The Morgan fingerprint density at radius 1 is 1.32 bits per heavy atom. The lowest BCUT2D eigenvalue weighted by Gasteiger charge is -2.12. The molecule has 1 aromatic heterocycles. The summed E-state index contributed by atoms with van der Waals surface area (Å²) in [5.74, 6) is 0.973. The van der Waals surface area contributed by atoms with Crippen LogP contribution in [0.1, 0.15) is 17.4 Å². The average Bonchev–Trinajstić information content (AvgIpc) is 2.91. The molecule has 2 nitrogen and oxygen atoms in total. The fraction of sp³-hybridized carbons (Fsp3) is 0.333. The molecule has 4 heteroatoms. The summed E-state index contributed by atoms with van der Waals surface area (Å²) in [5.41, 5.74) is 1.20. The van der Waals surface area contributed by atoms with E-state index in [4.69, 9.17) is 4.74 Å². The van der Waals surface area contributed by atoms with Crippen molar-refractivity contribution in [2.75, 3.05) is 13.2 Å². The maximum Gasteiger partial charge on any atom is 0.123 e. The van der Waals surface area contributed by atoms with Gasteiger partial charge in [-0.15, -0.1) is 11.3 Å². The third kappa shape index (κ3) is 4.64. The molecule has 2 rings (SSSR count). The second-order valence-electron chi connectivity index (χ2n) is 4.21. The SMILES string of the molecule is CCNCc1cc(Br)ccc1OCCc1cccs1. The minimum Gasteiger partial charge on any atom is -0.493 e. The lowest BCUT2D eigenvalue weighted by molar-refractivity contribution is 0.318. The van der Waals surface area contributed by atoms with Crippen molar-refractivity contribution in [2.45, 2.75) is 19.9 Å². The summed E-state index contributed by atoms with van der Waals surface area (Å²) in [7, 11) is 0. The van der Waals surface area contributed by atoms with Crippen LogP contribution in [0.5, 0.6) is 5.75 Å². The lowest BCUT2D eigenvalue weighted by Crippen LogP contribution is -2.13. The zero-order valence-electron chi connectivity index (χ0n) is 11.0. The van der Waals surface area contributed by atoms with Gasteiger partial charge in [-0.05, 0) is 36.2 Å². The molecule has 0 aliphatic heterocycles. The van der Waals surface area contributed by atoms with Gasteiger partial charge in [0.2, 0.25) is 0 Å². The first-order valence-corrected chi connectivity index (χ1v) is 8.11. The van der Waals surface area contributed by atoms with Gasteiger partial charge in [-0.3, -0.25) is 0 Å². The van der Waals surface area contributed by atoms with Gasteiger partial charge < -0.3 is 10.1 Å². The van der Waals surface area contributed by atoms with Crippen molar-refractivity contribution >= 4 is 27.3 Å². The molecule has 0 atom stereocenters. The fourth-order valence-corrected chi connectivity index (χ4v) is 2.90. The van der Waals surface area contributed by atoms with Gasteiger partial charge in [0, 0.05) is 27.9 Å². The first kappa shape index (κ1) is 14.6. The molecule has 19 heavy (non-hydrogen) atoms. The topological polar surface area (TPSA) is 21.3 Å². The van der Waals surface area contributed by atoms with Crippen molar-refractivity contribution in [1.29, 1.82) is 0 Å². The van der Waals surface area contributed by atoms with Gasteiger partial charge >= 0.3 is 0 Å². The Kier molecular flexibility index (Phi) is 5.89. The molecule has 1 aromatic carbocycles. The molecule has 0 saturated carbocycles. The van der Waals surface area contributed by atoms with Crippen LogP contribution >= 0.6 is 27.3 Å². The van der Waals surface area contributed by atoms with E-state index in [0.29, 0.717) is 0 Å². The summed E-state index contributed by atoms with van der Waals surface area (Å²) >= 11 is 5.28. The number of halogens is 1. The number of rotatable bonds is 7. The highest BCUT2D eigenvalue weighted by molar-refractivity contribution is 9.10. The Bertz CT molecular complexity index is 499. The maximum atomic E-state index is 5.91. The highest BCUT2D eigenvalue weighted by Gasteiger charge is 2.04. The van der Waals surface area contributed by atoms with E-state index < -0.39 is 0 Å². The molecular weight excluding hydrogens is 322 g/mol. The second-order valence-corrected chi connectivity index (χ2v) is 6.16. The highest BCUT2D eigenvalue weighted by atomic mass is 79.9. The molecular formula is C15H18BrNOS. The van der Waals surface area contributed by atoms with E-state index in [1.54, 1.807) is 11.3 Å². The second kappa shape index (κ2) is 7.68. The highest BCUT2D eigenvalue weighted by Crippen LogP contribution is 2.23. The first-order chi connectivity index (χ1) is 9.29. The van der Waals surface area contributed by atoms with E-state index >= 15 is 0 Å². The number of nitrogens with one attached hydrogen (secondary N) is 1. The molecule has 0 fully saturated rings. The van der Waals surface area contributed by atoms with Gasteiger partial charge in [0.1, 0.15) is 5.75 Å². The van der Waals surface area contributed by atoms with Crippen LogP contribution in [0.15, 0.2) is 40.2 Å². The van der Waals surface area contributed by atoms with Crippen molar-refractivity contribution in [3.63, 3.8) is 0 Å². The zero-order chi connectivity index (χ0) is 13.5. The molecule has 0 amide bonds. The van der Waals surface area contributed by atoms with Crippen LogP contribution in [-0.2, 0) is 13.0 Å². The average molecular weight is 340 g/mol. The van der Waals surface area contributed by atoms with E-state index in [2.05, 4.69) is 51.7 Å². The molecule has 0 aliphatic rings. The summed E-state index contributed by atoms with van der Waals surface area (Å²) in [6.45, 7) is 4.63. The standard InChI is InChI=1S/C15H18BrNOS/c1-2-17-11-12-10-13(16)5-6-15(12)18-8-7-14-4-3-9-19-14/h3-6,9-10,17H,2,7-8,11H2,1H3. The predicted molar refractivity (Wildman–Crippen MR) is 85.0 cm³/mol.